The van der Waals surface area contributed by atoms with Crippen LogP contribution in [0.3, 0.4) is 0 Å². The molecule has 1 heterocycles. The molecule has 0 aromatic heterocycles. The molecule has 2 rings (SSSR count). The van der Waals surface area contributed by atoms with E-state index in [0.717, 1.165) is 37.3 Å². The van der Waals surface area contributed by atoms with E-state index in [1.54, 1.807) is 19.1 Å². The second-order valence-corrected chi connectivity index (χ2v) is 5.36. The van der Waals surface area contributed by atoms with Crippen LogP contribution < -0.4 is 10.1 Å². The lowest BCUT2D eigenvalue weighted by molar-refractivity contribution is 0.0674. The molecule has 112 valence electrons. The first kappa shape index (κ1) is 15.3. The molecule has 1 N–H and O–H groups in total. The van der Waals surface area contributed by atoms with E-state index in [1.807, 2.05) is 13.8 Å². The average molecular weight is 281 g/mol. The second kappa shape index (κ2) is 7.04. The van der Waals surface area contributed by atoms with Crippen molar-refractivity contribution in [2.45, 2.75) is 45.8 Å². The first-order chi connectivity index (χ1) is 9.61. The van der Waals surface area contributed by atoms with Crippen LogP contribution in [0, 0.1) is 12.7 Å². The molecule has 1 aromatic rings. The van der Waals surface area contributed by atoms with E-state index in [0.29, 0.717) is 12.2 Å². The van der Waals surface area contributed by atoms with Gasteiger partial charge in [0.25, 0.3) is 0 Å². The number of hydrogen-bond acceptors (Lipinski definition) is 3. The van der Waals surface area contributed by atoms with Crippen molar-refractivity contribution >= 4 is 0 Å². The van der Waals surface area contributed by atoms with Gasteiger partial charge in [-0.3, -0.25) is 0 Å². The molecule has 0 saturated carbocycles. The summed E-state index contributed by atoms with van der Waals surface area (Å²) in [5.41, 5.74) is 1.48. The minimum absolute atomic E-state index is 0.0644. The highest BCUT2D eigenvalue weighted by Gasteiger charge is 2.19. The van der Waals surface area contributed by atoms with Gasteiger partial charge in [-0.2, -0.15) is 0 Å². The Balaban J connectivity index is 2.13. The van der Waals surface area contributed by atoms with Gasteiger partial charge in [-0.15, -0.1) is 0 Å². The summed E-state index contributed by atoms with van der Waals surface area (Å²) in [4.78, 5) is 0. The Morgan fingerprint density at radius 3 is 2.95 bits per heavy atom. The maximum Gasteiger partial charge on any atom is 0.126 e. The van der Waals surface area contributed by atoms with Gasteiger partial charge in [0, 0.05) is 18.2 Å². The summed E-state index contributed by atoms with van der Waals surface area (Å²) in [7, 11) is 0. The van der Waals surface area contributed by atoms with Gasteiger partial charge in [-0.1, -0.05) is 6.92 Å². The van der Waals surface area contributed by atoms with E-state index in [4.69, 9.17) is 9.47 Å². The van der Waals surface area contributed by atoms with E-state index in [9.17, 15) is 4.39 Å². The fourth-order valence-corrected chi connectivity index (χ4v) is 2.51. The number of benzene rings is 1. The summed E-state index contributed by atoms with van der Waals surface area (Å²) in [6.07, 6.45) is 2.30. The Hall–Kier alpha value is -1.13. The van der Waals surface area contributed by atoms with Crippen LogP contribution in [0.4, 0.5) is 4.39 Å². The van der Waals surface area contributed by atoms with Crippen molar-refractivity contribution in [1.29, 1.82) is 0 Å². The third-order valence-corrected chi connectivity index (χ3v) is 3.72. The summed E-state index contributed by atoms with van der Waals surface area (Å²) in [6.45, 7) is 8.01. The molecule has 0 aliphatic carbocycles. The fraction of sp³-hybridized carbons (Fsp3) is 0.625. The molecular formula is C16H24FNO2. The van der Waals surface area contributed by atoms with Crippen molar-refractivity contribution in [2.75, 3.05) is 19.8 Å². The van der Waals surface area contributed by atoms with Crippen LogP contribution >= 0.6 is 0 Å². The number of hydrogen-bond donors (Lipinski definition) is 1. The summed E-state index contributed by atoms with van der Waals surface area (Å²) < 4.78 is 25.2. The van der Waals surface area contributed by atoms with Crippen molar-refractivity contribution in [3.63, 3.8) is 0 Å². The van der Waals surface area contributed by atoms with E-state index in [1.165, 1.54) is 0 Å². The predicted molar refractivity (Wildman–Crippen MR) is 77.7 cm³/mol. The number of rotatable bonds is 6. The van der Waals surface area contributed by atoms with Crippen LogP contribution in [0.1, 0.15) is 43.9 Å². The number of aryl methyl sites for hydroxylation is 1. The monoisotopic (exact) mass is 281 g/mol. The lowest BCUT2D eigenvalue weighted by Gasteiger charge is -2.20. The normalized spacial score (nSPS) is 20.1. The van der Waals surface area contributed by atoms with Crippen molar-refractivity contribution in [1.82, 2.24) is 5.32 Å². The summed E-state index contributed by atoms with van der Waals surface area (Å²) >= 11 is 0. The lowest BCUT2D eigenvalue weighted by Crippen LogP contribution is -2.21. The summed E-state index contributed by atoms with van der Waals surface area (Å²) in [5, 5.41) is 3.30. The van der Waals surface area contributed by atoms with Crippen LogP contribution in [-0.4, -0.2) is 25.9 Å². The third kappa shape index (κ3) is 3.70. The van der Waals surface area contributed by atoms with Crippen molar-refractivity contribution in [3.05, 3.63) is 29.1 Å². The first-order valence-corrected chi connectivity index (χ1v) is 7.39. The number of nitrogens with one attached hydrogen (secondary N) is 1. The molecule has 3 nitrogen and oxygen atoms in total. The van der Waals surface area contributed by atoms with Crippen LogP contribution in [0.5, 0.6) is 5.75 Å². The van der Waals surface area contributed by atoms with Gasteiger partial charge < -0.3 is 14.8 Å². The quantitative estimate of drug-likeness (QED) is 0.867. The van der Waals surface area contributed by atoms with E-state index in [2.05, 4.69) is 5.32 Å². The number of ether oxygens (including phenoxy) is 2. The third-order valence-electron chi connectivity index (χ3n) is 3.72. The Kier molecular flexibility index (Phi) is 5.38. The van der Waals surface area contributed by atoms with Gasteiger partial charge in [0.05, 0.1) is 6.10 Å². The second-order valence-electron chi connectivity index (χ2n) is 5.36. The highest BCUT2D eigenvalue weighted by atomic mass is 19.1. The van der Waals surface area contributed by atoms with Gasteiger partial charge in [-0.25, -0.2) is 4.39 Å². The van der Waals surface area contributed by atoms with Gasteiger partial charge in [-0.05, 0) is 50.9 Å². The largest absolute Gasteiger partial charge is 0.491 e. The Labute approximate surface area is 120 Å². The molecule has 0 radical (unpaired) electrons. The highest BCUT2D eigenvalue weighted by Crippen LogP contribution is 2.29. The van der Waals surface area contributed by atoms with E-state index in [-0.39, 0.29) is 18.0 Å². The molecule has 2 atom stereocenters. The molecule has 20 heavy (non-hydrogen) atoms. The van der Waals surface area contributed by atoms with Gasteiger partial charge in [0.15, 0.2) is 0 Å². The Morgan fingerprint density at radius 1 is 1.50 bits per heavy atom. The smallest absolute Gasteiger partial charge is 0.126 e. The van der Waals surface area contributed by atoms with Crippen LogP contribution in [0.2, 0.25) is 0 Å². The zero-order chi connectivity index (χ0) is 14.5. The maximum atomic E-state index is 13.8. The SMILES string of the molecule is CCNC(C)c1cc(F)c(C)cc1OCC1CCCO1. The topological polar surface area (TPSA) is 30.5 Å². The summed E-state index contributed by atoms with van der Waals surface area (Å²) in [6, 6.07) is 3.43. The molecule has 0 amide bonds. The molecule has 1 aliphatic rings. The number of halogens is 1. The average Bonchev–Trinajstić information content (AvgIpc) is 2.93. The molecule has 4 heteroatoms. The zero-order valence-electron chi connectivity index (χ0n) is 12.5. The predicted octanol–water partition coefficient (Wildman–Crippen LogP) is 3.36. The van der Waals surface area contributed by atoms with Crippen LogP contribution in [-0.2, 0) is 4.74 Å². The van der Waals surface area contributed by atoms with Crippen LogP contribution in [0.15, 0.2) is 12.1 Å². The lowest BCUT2D eigenvalue weighted by atomic mass is 10.0. The van der Waals surface area contributed by atoms with Gasteiger partial charge >= 0.3 is 0 Å². The van der Waals surface area contributed by atoms with E-state index >= 15 is 0 Å². The minimum Gasteiger partial charge on any atom is -0.491 e. The molecule has 0 bridgehead atoms. The molecule has 1 fully saturated rings. The first-order valence-electron chi connectivity index (χ1n) is 7.39. The highest BCUT2D eigenvalue weighted by molar-refractivity contribution is 5.40. The molecule has 1 aromatic carbocycles. The standard InChI is InChI=1S/C16H24FNO2/c1-4-18-12(3)14-9-15(17)11(2)8-16(14)20-10-13-6-5-7-19-13/h8-9,12-13,18H,4-7,10H2,1-3H3. The molecule has 2 unspecified atom stereocenters. The Bertz CT molecular complexity index is 444. The van der Waals surface area contributed by atoms with Crippen molar-refractivity contribution in [2.24, 2.45) is 0 Å². The van der Waals surface area contributed by atoms with Crippen molar-refractivity contribution < 1.29 is 13.9 Å². The minimum atomic E-state index is -0.186. The Morgan fingerprint density at radius 2 is 2.30 bits per heavy atom. The van der Waals surface area contributed by atoms with Crippen LogP contribution in [0.25, 0.3) is 0 Å². The van der Waals surface area contributed by atoms with Gasteiger partial charge in [0.2, 0.25) is 0 Å². The molecule has 0 spiro atoms. The van der Waals surface area contributed by atoms with Crippen molar-refractivity contribution in [3.8, 4) is 5.75 Å². The fourth-order valence-electron chi connectivity index (χ4n) is 2.51. The molecule has 1 saturated heterocycles. The zero-order valence-corrected chi connectivity index (χ0v) is 12.5. The van der Waals surface area contributed by atoms with Gasteiger partial charge in [0.1, 0.15) is 18.2 Å². The van der Waals surface area contributed by atoms with E-state index < -0.39 is 0 Å². The summed E-state index contributed by atoms with van der Waals surface area (Å²) in [5.74, 6) is 0.571. The molecule has 1 aliphatic heterocycles. The molecular weight excluding hydrogens is 257 g/mol. The maximum absolute atomic E-state index is 13.8.